The van der Waals surface area contributed by atoms with Gasteiger partial charge in [0.15, 0.2) is 0 Å². The first-order chi connectivity index (χ1) is 10.9. The lowest BCUT2D eigenvalue weighted by atomic mass is 10.0. The van der Waals surface area contributed by atoms with Crippen molar-refractivity contribution in [1.82, 2.24) is 0 Å². The Morgan fingerprint density at radius 3 is 1.57 bits per heavy atom. The van der Waals surface area contributed by atoms with E-state index in [1.807, 2.05) is 19.1 Å². The van der Waals surface area contributed by atoms with E-state index in [0.29, 0.717) is 0 Å². The summed E-state index contributed by atoms with van der Waals surface area (Å²) in [4.78, 5) is 0. The Balaban J connectivity index is 4.18. The van der Waals surface area contributed by atoms with Gasteiger partial charge in [0.1, 0.15) is 17.7 Å². The lowest BCUT2D eigenvalue weighted by molar-refractivity contribution is 0.899. The molecule has 23 heavy (non-hydrogen) atoms. The van der Waals surface area contributed by atoms with E-state index in [1.54, 1.807) is 0 Å². The summed E-state index contributed by atoms with van der Waals surface area (Å²) < 4.78 is 0. The van der Waals surface area contributed by atoms with Crippen molar-refractivity contribution in [2.45, 2.75) is 73.1 Å². The highest BCUT2D eigenvalue weighted by Crippen LogP contribution is 2.14. The van der Waals surface area contributed by atoms with Gasteiger partial charge in [-0.1, -0.05) is 34.9 Å². The van der Waals surface area contributed by atoms with Gasteiger partial charge >= 0.3 is 0 Å². The van der Waals surface area contributed by atoms with Gasteiger partial charge in [0.05, 0.1) is 0 Å². The predicted octanol–water partition coefficient (Wildman–Crippen LogP) is 6.55. The maximum atomic E-state index is 8.81. The summed E-state index contributed by atoms with van der Waals surface area (Å²) in [5.74, 6) is 0. The fourth-order valence-corrected chi connectivity index (χ4v) is 2.21. The van der Waals surface area contributed by atoms with E-state index < -0.39 is 0 Å². The highest BCUT2D eigenvalue weighted by Gasteiger charge is 1.99. The topological polar surface area (TPSA) is 47.6 Å². The van der Waals surface area contributed by atoms with Crippen LogP contribution in [0.4, 0.5) is 0 Å². The van der Waals surface area contributed by atoms with Crippen molar-refractivity contribution >= 4 is 0 Å². The van der Waals surface area contributed by atoms with Crippen molar-refractivity contribution in [3.8, 4) is 12.1 Å². The van der Waals surface area contributed by atoms with E-state index in [1.165, 1.54) is 16.7 Å². The van der Waals surface area contributed by atoms with Crippen molar-refractivity contribution in [2.24, 2.45) is 0 Å². The van der Waals surface area contributed by atoms with Crippen LogP contribution in [0.15, 0.2) is 46.1 Å². The standard InChI is InChI=1S/C21H30N2/c1-17(2)9-6-10-18(3)11-7-12-19(4)13-8-14-20(5)21(15-22)16-23/h9,11,13H,6-8,10,12,14H2,1-5H3/b18-11+,19-13+. The van der Waals surface area contributed by atoms with Crippen molar-refractivity contribution < 1.29 is 0 Å². The molecule has 124 valence electrons. The molecule has 0 rings (SSSR count). The number of hydrogen-bond acceptors (Lipinski definition) is 2. The number of rotatable bonds is 9. The molecule has 2 heteroatoms. The highest BCUT2D eigenvalue weighted by molar-refractivity contribution is 5.39. The van der Waals surface area contributed by atoms with Gasteiger partial charge < -0.3 is 0 Å². The highest BCUT2D eigenvalue weighted by atomic mass is 14.3. The third-order valence-corrected chi connectivity index (χ3v) is 3.79. The molecule has 0 aliphatic carbocycles. The second kappa shape index (κ2) is 12.5. The van der Waals surface area contributed by atoms with E-state index in [-0.39, 0.29) is 5.57 Å². The number of allylic oxidation sites excluding steroid dienone is 8. The minimum Gasteiger partial charge on any atom is -0.192 e. The lowest BCUT2D eigenvalue weighted by Gasteiger charge is -2.02. The van der Waals surface area contributed by atoms with Crippen LogP contribution in [0.25, 0.3) is 0 Å². The molecule has 0 amide bonds. The lowest BCUT2D eigenvalue weighted by Crippen LogP contribution is -1.85. The van der Waals surface area contributed by atoms with Crippen molar-refractivity contribution in [2.75, 3.05) is 0 Å². The van der Waals surface area contributed by atoms with Crippen LogP contribution in [0.3, 0.4) is 0 Å². The minimum atomic E-state index is 0.256. The van der Waals surface area contributed by atoms with Crippen LogP contribution >= 0.6 is 0 Å². The monoisotopic (exact) mass is 310 g/mol. The molecule has 0 heterocycles. The minimum absolute atomic E-state index is 0.256. The van der Waals surface area contributed by atoms with Gasteiger partial charge in [-0.2, -0.15) is 10.5 Å². The van der Waals surface area contributed by atoms with E-state index in [2.05, 4.69) is 45.9 Å². The van der Waals surface area contributed by atoms with Gasteiger partial charge in [-0.15, -0.1) is 0 Å². The Bertz CT molecular complexity index is 552. The molecule has 0 saturated heterocycles. The van der Waals surface area contributed by atoms with Crippen LogP contribution in [0.2, 0.25) is 0 Å². The summed E-state index contributed by atoms with van der Waals surface area (Å²) in [7, 11) is 0. The third-order valence-electron chi connectivity index (χ3n) is 3.79. The number of nitrogens with zero attached hydrogens (tertiary/aromatic N) is 2. The molecular weight excluding hydrogens is 280 g/mol. The van der Waals surface area contributed by atoms with Gasteiger partial charge in [0, 0.05) is 0 Å². The van der Waals surface area contributed by atoms with Crippen LogP contribution in [-0.2, 0) is 0 Å². The summed E-state index contributed by atoms with van der Waals surface area (Å²) in [6.45, 7) is 10.5. The van der Waals surface area contributed by atoms with Gasteiger partial charge in [-0.3, -0.25) is 0 Å². The molecule has 0 saturated carbocycles. The smallest absolute Gasteiger partial charge is 0.128 e. The number of nitriles is 2. The molecule has 0 fully saturated rings. The molecular formula is C21H30N2. The van der Waals surface area contributed by atoms with E-state index in [9.17, 15) is 0 Å². The average molecular weight is 310 g/mol. The molecule has 0 aromatic heterocycles. The van der Waals surface area contributed by atoms with Crippen molar-refractivity contribution in [3.63, 3.8) is 0 Å². The van der Waals surface area contributed by atoms with Crippen LogP contribution in [0.1, 0.15) is 73.1 Å². The maximum Gasteiger partial charge on any atom is 0.128 e. The molecule has 0 radical (unpaired) electrons. The van der Waals surface area contributed by atoms with Gasteiger partial charge in [-0.25, -0.2) is 0 Å². The Labute approximate surface area is 142 Å². The van der Waals surface area contributed by atoms with Crippen LogP contribution in [0, 0.1) is 22.7 Å². The van der Waals surface area contributed by atoms with Crippen molar-refractivity contribution in [1.29, 1.82) is 10.5 Å². The van der Waals surface area contributed by atoms with Crippen LogP contribution in [0.5, 0.6) is 0 Å². The molecule has 0 atom stereocenters. The van der Waals surface area contributed by atoms with Gasteiger partial charge in [-0.05, 0) is 78.7 Å². The summed E-state index contributed by atoms with van der Waals surface area (Å²) in [5.41, 5.74) is 5.36. The molecule has 0 bridgehead atoms. The summed E-state index contributed by atoms with van der Waals surface area (Å²) in [5, 5.41) is 17.6. The molecule has 0 aromatic rings. The molecule has 0 unspecified atom stereocenters. The summed E-state index contributed by atoms with van der Waals surface area (Å²) >= 11 is 0. The fourth-order valence-electron chi connectivity index (χ4n) is 2.21. The van der Waals surface area contributed by atoms with E-state index in [0.717, 1.165) is 44.1 Å². The Kier molecular flexibility index (Phi) is 11.4. The first-order valence-corrected chi connectivity index (χ1v) is 8.35. The first kappa shape index (κ1) is 20.9. The molecule has 0 N–H and O–H groups in total. The zero-order chi connectivity index (χ0) is 17.7. The Morgan fingerprint density at radius 2 is 1.13 bits per heavy atom. The SMILES string of the molecule is CC(C)=CCC/C(C)=C/CC/C(C)=C/CCC(C)=C(C#N)C#N. The Hall–Kier alpha value is -2.06. The largest absolute Gasteiger partial charge is 0.192 e. The zero-order valence-electron chi connectivity index (χ0n) is 15.4. The second-order valence-electron chi connectivity index (χ2n) is 6.38. The van der Waals surface area contributed by atoms with E-state index >= 15 is 0 Å². The molecule has 0 spiro atoms. The van der Waals surface area contributed by atoms with Gasteiger partial charge in [0.2, 0.25) is 0 Å². The third kappa shape index (κ3) is 11.2. The van der Waals surface area contributed by atoms with E-state index in [4.69, 9.17) is 10.5 Å². The van der Waals surface area contributed by atoms with Crippen LogP contribution in [-0.4, -0.2) is 0 Å². The molecule has 0 aliphatic heterocycles. The van der Waals surface area contributed by atoms with Crippen LogP contribution < -0.4 is 0 Å². The molecule has 0 aliphatic rings. The summed E-state index contributed by atoms with van der Waals surface area (Å²) in [6.07, 6.45) is 13.0. The van der Waals surface area contributed by atoms with Gasteiger partial charge in [0.25, 0.3) is 0 Å². The quantitative estimate of drug-likeness (QED) is 0.358. The Morgan fingerprint density at radius 1 is 0.696 bits per heavy atom. The summed E-state index contributed by atoms with van der Waals surface area (Å²) in [6, 6.07) is 3.89. The second-order valence-corrected chi connectivity index (χ2v) is 6.38. The average Bonchev–Trinajstić information content (AvgIpc) is 2.48. The predicted molar refractivity (Wildman–Crippen MR) is 98.6 cm³/mol. The molecule has 0 aromatic carbocycles. The fraction of sp³-hybridized carbons (Fsp3) is 0.524. The zero-order valence-corrected chi connectivity index (χ0v) is 15.4. The first-order valence-electron chi connectivity index (χ1n) is 8.35. The normalized spacial score (nSPS) is 11.4. The van der Waals surface area contributed by atoms with Crippen molar-refractivity contribution in [3.05, 3.63) is 46.1 Å². The molecule has 2 nitrogen and oxygen atoms in total. The maximum absolute atomic E-state index is 8.81. The number of hydrogen-bond donors (Lipinski definition) is 0.